The van der Waals surface area contributed by atoms with E-state index in [0.717, 1.165) is 52.0 Å². The van der Waals surface area contributed by atoms with Crippen molar-refractivity contribution in [2.45, 2.75) is 39.2 Å². The predicted molar refractivity (Wildman–Crippen MR) is 86.3 cm³/mol. The number of carbonyl (C=O) groups excluding carboxylic acids is 2. The maximum atomic E-state index is 12.4. The minimum atomic E-state index is -0.141. The van der Waals surface area contributed by atoms with Crippen molar-refractivity contribution in [3.8, 4) is 0 Å². The first-order valence-corrected chi connectivity index (χ1v) is 8.53. The lowest BCUT2D eigenvalue weighted by atomic mass is 10.0. The van der Waals surface area contributed by atoms with Crippen LogP contribution in [0.15, 0.2) is 0 Å². The van der Waals surface area contributed by atoms with Gasteiger partial charge >= 0.3 is 0 Å². The van der Waals surface area contributed by atoms with Crippen molar-refractivity contribution >= 4 is 11.8 Å². The smallest absolute Gasteiger partial charge is 0.236 e. The predicted octanol–water partition coefficient (Wildman–Crippen LogP) is 0.126. The maximum Gasteiger partial charge on any atom is 0.236 e. The Balaban J connectivity index is 1.81. The molecular formula is C16H30N4O2. The Labute approximate surface area is 133 Å². The highest BCUT2D eigenvalue weighted by atomic mass is 16.2. The van der Waals surface area contributed by atoms with Crippen molar-refractivity contribution in [2.24, 2.45) is 11.7 Å². The number of amides is 2. The average molecular weight is 310 g/mol. The number of hydrogen-bond acceptors (Lipinski definition) is 4. The molecule has 6 nitrogen and oxygen atoms in total. The highest BCUT2D eigenvalue weighted by molar-refractivity contribution is 5.79. The van der Waals surface area contributed by atoms with E-state index in [-0.39, 0.29) is 23.8 Å². The van der Waals surface area contributed by atoms with E-state index in [1.165, 1.54) is 0 Å². The third-order valence-electron chi connectivity index (χ3n) is 4.90. The monoisotopic (exact) mass is 310 g/mol. The topological polar surface area (TPSA) is 69.9 Å². The van der Waals surface area contributed by atoms with E-state index in [0.29, 0.717) is 13.1 Å². The fraction of sp³-hybridized carbons (Fsp3) is 0.875. The van der Waals surface area contributed by atoms with Crippen molar-refractivity contribution in [3.05, 3.63) is 0 Å². The first-order chi connectivity index (χ1) is 10.5. The van der Waals surface area contributed by atoms with Gasteiger partial charge in [0.05, 0.1) is 12.5 Å². The summed E-state index contributed by atoms with van der Waals surface area (Å²) in [5, 5.41) is 0. The SMILES string of the molecule is CC(N)C(C)C(=O)N1CCCN(CC(=O)N2CCCC2)CC1. The van der Waals surface area contributed by atoms with Crippen LogP contribution in [0.5, 0.6) is 0 Å². The normalized spacial score (nSPS) is 23.2. The standard InChI is InChI=1S/C16H30N4O2/c1-13(14(2)17)16(22)20-9-5-6-18(10-11-20)12-15(21)19-7-3-4-8-19/h13-14H,3-12,17H2,1-2H3. The molecule has 0 aromatic rings. The number of hydrogen-bond donors (Lipinski definition) is 1. The zero-order valence-corrected chi connectivity index (χ0v) is 14.0. The van der Waals surface area contributed by atoms with E-state index in [1.807, 2.05) is 23.6 Å². The summed E-state index contributed by atoms with van der Waals surface area (Å²) in [6.45, 7) is 9.20. The molecule has 2 atom stereocenters. The van der Waals surface area contributed by atoms with E-state index in [9.17, 15) is 9.59 Å². The van der Waals surface area contributed by atoms with E-state index in [1.54, 1.807) is 0 Å². The molecular weight excluding hydrogens is 280 g/mol. The van der Waals surface area contributed by atoms with E-state index >= 15 is 0 Å². The molecule has 2 saturated heterocycles. The van der Waals surface area contributed by atoms with Crippen molar-refractivity contribution < 1.29 is 9.59 Å². The second kappa shape index (κ2) is 7.92. The molecule has 0 bridgehead atoms. The Hall–Kier alpha value is -1.14. The summed E-state index contributed by atoms with van der Waals surface area (Å²) < 4.78 is 0. The van der Waals surface area contributed by atoms with Gasteiger partial charge in [-0.05, 0) is 26.2 Å². The van der Waals surface area contributed by atoms with Crippen LogP contribution >= 0.6 is 0 Å². The number of nitrogens with two attached hydrogens (primary N) is 1. The zero-order chi connectivity index (χ0) is 16.1. The molecule has 0 aromatic carbocycles. The van der Waals surface area contributed by atoms with Crippen LogP contribution in [0.3, 0.4) is 0 Å². The molecule has 0 saturated carbocycles. The van der Waals surface area contributed by atoms with E-state index in [2.05, 4.69) is 4.90 Å². The molecule has 0 aliphatic carbocycles. The third kappa shape index (κ3) is 4.43. The molecule has 0 spiro atoms. The number of carbonyl (C=O) groups is 2. The average Bonchev–Trinajstić information content (AvgIpc) is 2.93. The number of nitrogens with zero attached hydrogens (tertiary/aromatic N) is 3. The lowest BCUT2D eigenvalue weighted by Gasteiger charge is -2.26. The molecule has 0 aromatic heterocycles. The molecule has 6 heteroatoms. The van der Waals surface area contributed by atoms with Gasteiger partial charge < -0.3 is 15.5 Å². The van der Waals surface area contributed by atoms with Crippen LogP contribution in [0.25, 0.3) is 0 Å². The zero-order valence-electron chi connectivity index (χ0n) is 14.0. The quantitative estimate of drug-likeness (QED) is 0.801. The van der Waals surface area contributed by atoms with Gasteiger partial charge in [0.1, 0.15) is 0 Å². The van der Waals surface area contributed by atoms with Crippen LogP contribution in [-0.4, -0.2) is 78.4 Å². The molecule has 22 heavy (non-hydrogen) atoms. The van der Waals surface area contributed by atoms with E-state index in [4.69, 9.17) is 5.73 Å². The van der Waals surface area contributed by atoms with Crippen LogP contribution in [-0.2, 0) is 9.59 Å². The van der Waals surface area contributed by atoms with Gasteiger partial charge in [-0.25, -0.2) is 0 Å². The molecule has 2 aliphatic heterocycles. The Morgan fingerprint density at radius 2 is 1.55 bits per heavy atom. The first kappa shape index (κ1) is 17.2. The lowest BCUT2D eigenvalue weighted by Crippen LogP contribution is -2.44. The number of rotatable bonds is 4. The Morgan fingerprint density at radius 3 is 2.18 bits per heavy atom. The van der Waals surface area contributed by atoms with Gasteiger partial charge in [-0.1, -0.05) is 6.92 Å². The first-order valence-electron chi connectivity index (χ1n) is 8.53. The van der Waals surface area contributed by atoms with Gasteiger partial charge in [-0.2, -0.15) is 0 Å². The summed E-state index contributed by atoms with van der Waals surface area (Å²) >= 11 is 0. The third-order valence-corrected chi connectivity index (χ3v) is 4.90. The van der Waals surface area contributed by atoms with Gasteiger partial charge in [0.2, 0.25) is 11.8 Å². The fourth-order valence-corrected chi connectivity index (χ4v) is 3.12. The molecule has 2 fully saturated rings. The molecule has 2 amide bonds. The van der Waals surface area contributed by atoms with Gasteiger partial charge in [0.25, 0.3) is 0 Å². The summed E-state index contributed by atoms with van der Waals surface area (Å²) in [6, 6.07) is -0.122. The van der Waals surface area contributed by atoms with Gasteiger partial charge in [-0.15, -0.1) is 0 Å². The van der Waals surface area contributed by atoms with E-state index < -0.39 is 0 Å². The van der Waals surface area contributed by atoms with Gasteiger partial charge in [-0.3, -0.25) is 14.5 Å². The van der Waals surface area contributed by atoms with Gasteiger partial charge in [0, 0.05) is 45.3 Å². The van der Waals surface area contributed by atoms with Crippen molar-refractivity contribution in [2.75, 3.05) is 45.8 Å². The molecule has 2 rings (SSSR count). The summed E-state index contributed by atoms with van der Waals surface area (Å²) in [5.74, 6) is 0.238. The molecule has 0 radical (unpaired) electrons. The summed E-state index contributed by atoms with van der Waals surface area (Å²) in [7, 11) is 0. The molecule has 126 valence electrons. The summed E-state index contributed by atoms with van der Waals surface area (Å²) in [6.07, 6.45) is 3.18. The van der Waals surface area contributed by atoms with Crippen LogP contribution in [0.4, 0.5) is 0 Å². The van der Waals surface area contributed by atoms with Crippen molar-refractivity contribution in [3.63, 3.8) is 0 Å². The molecule has 2 N–H and O–H groups in total. The van der Waals surface area contributed by atoms with Crippen molar-refractivity contribution in [1.29, 1.82) is 0 Å². The number of likely N-dealkylation sites (tertiary alicyclic amines) is 1. The maximum absolute atomic E-state index is 12.4. The molecule has 2 aliphatic rings. The second-order valence-corrected chi connectivity index (χ2v) is 6.69. The second-order valence-electron chi connectivity index (χ2n) is 6.69. The van der Waals surface area contributed by atoms with Gasteiger partial charge in [0.15, 0.2) is 0 Å². The Kier molecular flexibility index (Phi) is 6.20. The Morgan fingerprint density at radius 1 is 0.909 bits per heavy atom. The highest BCUT2D eigenvalue weighted by Gasteiger charge is 2.27. The van der Waals surface area contributed by atoms with Crippen LogP contribution in [0, 0.1) is 5.92 Å². The van der Waals surface area contributed by atoms with Crippen LogP contribution in [0.1, 0.15) is 33.1 Å². The minimum absolute atomic E-state index is 0.122. The largest absolute Gasteiger partial charge is 0.342 e. The van der Waals surface area contributed by atoms with Crippen LogP contribution in [0.2, 0.25) is 0 Å². The lowest BCUT2D eigenvalue weighted by molar-refractivity contribution is -0.135. The summed E-state index contributed by atoms with van der Waals surface area (Å²) in [4.78, 5) is 30.7. The minimum Gasteiger partial charge on any atom is -0.342 e. The molecule has 2 unspecified atom stereocenters. The molecule has 2 heterocycles. The van der Waals surface area contributed by atoms with Crippen molar-refractivity contribution in [1.82, 2.24) is 14.7 Å². The fourth-order valence-electron chi connectivity index (χ4n) is 3.12. The highest BCUT2D eigenvalue weighted by Crippen LogP contribution is 2.12. The summed E-state index contributed by atoms with van der Waals surface area (Å²) in [5.41, 5.74) is 5.84. The van der Waals surface area contributed by atoms with Crippen LogP contribution < -0.4 is 5.73 Å². The Bertz CT molecular complexity index is 394.